The Kier molecular flexibility index (Phi) is 7.86. The van der Waals surface area contributed by atoms with E-state index in [1.165, 1.54) is 6.92 Å². The Labute approximate surface area is 186 Å². The van der Waals surface area contributed by atoms with Crippen molar-refractivity contribution in [1.29, 1.82) is 0 Å². The number of hydrogen-bond acceptors (Lipinski definition) is 5. The van der Waals surface area contributed by atoms with Gasteiger partial charge in [-0.15, -0.1) is 0 Å². The first-order valence-corrected chi connectivity index (χ1v) is 10.3. The van der Waals surface area contributed by atoms with E-state index in [2.05, 4.69) is 20.9 Å². The number of aliphatic imine (C=N–C) groups is 1. The number of anilines is 2. The summed E-state index contributed by atoms with van der Waals surface area (Å²) in [6, 6.07) is 11.8. The maximum atomic E-state index is 12.9. The van der Waals surface area contributed by atoms with Gasteiger partial charge in [0, 0.05) is 29.8 Å². The van der Waals surface area contributed by atoms with Crippen molar-refractivity contribution in [2.24, 2.45) is 4.99 Å². The highest BCUT2D eigenvalue weighted by Gasteiger charge is 2.17. The van der Waals surface area contributed by atoms with Gasteiger partial charge in [0.2, 0.25) is 11.9 Å². The fourth-order valence-electron chi connectivity index (χ4n) is 3.12. The molecule has 0 radical (unpaired) electrons. The van der Waals surface area contributed by atoms with E-state index < -0.39 is 0 Å². The molecule has 2 amide bonds. The van der Waals surface area contributed by atoms with E-state index in [1.807, 2.05) is 0 Å². The van der Waals surface area contributed by atoms with Crippen LogP contribution in [0.1, 0.15) is 30.1 Å². The maximum absolute atomic E-state index is 12.9. The molecule has 1 aliphatic heterocycles. The summed E-state index contributed by atoms with van der Waals surface area (Å²) < 4.78 is 11.0. The summed E-state index contributed by atoms with van der Waals surface area (Å²) in [4.78, 5) is 28.7. The van der Waals surface area contributed by atoms with Gasteiger partial charge in [-0.25, -0.2) is 4.99 Å². The molecule has 0 aromatic heterocycles. The molecule has 0 aliphatic carbocycles. The number of hydrogen-bond donors (Lipinski definition) is 3. The lowest BCUT2D eigenvalue weighted by molar-refractivity contribution is -0.114. The Morgan fingerprint density at radius 1 is 1.23 bits per heavy atom. The molecule has 2 aromatic rings. The zero-order chi connectivity index (χ0) is 22.2. The molecule has 1 fully saturated rings. The van der Waals surface area contributed by atoms with E-state index >= 15 is 0 Å². The number of ether oxygens (including phenoxy) is 2. The highest BCUT2D eigenvalue weighted by Crippen LogP contribution is 2.27. The van der Waals surface area contributed by atoms with Crippen LogP contribution in [0.2, 0.25) is 5.02 Å². The van der Waals surface area contributed by atoms with E-state index in [9.17, 15) is 9.59 Å². The summed E-state index contributed by atoms with van der Waals surface area (Å²) in [5, 5.41) is 9.06. The van der Waals surface area contributed by atoms with Gasteiger partial charge in [-0.3, -0.25) is 14.9 Å². The van der Waals surface area contributed by atoms with Gasteiger partial charge in [0.05, 0.1) is 25.4 Å². The number of guanidine groups is 1. The Hall–Kier alpha value is -3.10. The van der Waals surface area contributed by atoms with E-state index in [0.717, 1.165) is 12.8 Å². The van der Waals surface area contributed by atoms with Crippen molar-refractivity contribution in [2.45, 2.75) is 25.9 Å². The molecule has 31 heavy (non-hydrogen) atoms. The molecule has 0 saturated carbocycles. The summed E-state index contributed by atoms with van der Waals surface area (Å²) >= 11 is 6.12. The predicted molar refractivity (Wildman–Crippen MR) is 121 cm³/mol. The van der Waals surface area contributed by atoms with E-state index in [1.54, 1.807) is 49.6 Å². The van der Waals surface area contributed by atoms with Gasteiger partial charge in [-0.05, 0) is 49.2 Å². The number of rotatable bonds is 6. The summed E-state index contributed by atoms with van der Waals surface area (Å²) in [6.45, 7) is 2.52. The average molecular weight is 445 g/mol. The van der Waals surface area contributed by atoms with E-state index in [-0.39, 0.29) is 23.9 Å². The summed E-state index contributed by atoms with van der Waals surface area (Å²) in [5.41, 5.74) is 1.46. The van der Waals surface area contributed by atoms with Crippen LogP contribution in [0.15, 0.2) is 47.5 Å². The lowest BCUT2D eigenvalue weighted by atomic mass is 10.2. The second kappa shape index (κ2) is 10.8. The number of methoxy groups -OCH3 is 1. The maximum Gasteiger partial charge on any atom is 0.258 e. The molecule has 164 valence electrons. The lowest BCUT2D eigenvalue weighted by Crippen LogP contribution is -2.37. The van der Waals surface area contributed by atoms with Crippen LogP contribution in [0.5, 0.6) is 5.75 Å². The van der Waals surface area contributed by atoms with E-state index in [0.29, 0.717) is 40.9 Å². The number of benzene rings is 2. The molecule has 3 rings (SSSR count). The second-order valence-corrected chi connectivity index (χ2v) is 7.45. The van der Waals surface area contributed by atoms with Crippen molar-refractivity contribution in [1.82, 2.24) is 5.32 Å². The number of carbonyl (C=O) groups is 2. The summed E-state index contributed by atoms with van der Waals surface area (Å²) in [7, 11) is 1.55. The molecule has 1 saturated heterocycles. The Bertz CT molecular complexity index is 974. The number of carbonyl (C=O) groups excluding carboxylic acids is 2. The third kappa shape index (κ3) is 6.70. The molecule has 0 bridgehead atoms. The zero-order valence-corrected chi connectivity index (χ0v) is 18.2. The van der Waals surface area contributed by atoms with Crippen molar-refractivity contribution in [3.8, 4) is 5.75 Å². The first kappa shape index (κ1) is 22.6. The quantitative estimate of drug-likeness (QED) is 0.466. The van der Waals surface area contributed by atoms with Crippen molar-refractivity contribution < 1.29 is 19.1 Å². The van der Waals surface area contributed by atoms with Crippen molar-refractivity contribution in [2.75, 3.05) is 30.9 Å². The molecule has 1 aliphatic rings. The number of nitrogens with one attached hydrogen (secondary N) is 3. The molecule has 8 nitrogen and oxygen atoms in total. The van der Waals surface area contributed by atoms with Gasteiger partial charge in [-0.1, -0.05) is 17.7 Å². The number of nitrogens with zero attached hydrogens (tertiary/aromatic N) is 1. The normalized spacial score (nSPS) is 16.0. The monoisotopic (exact) mass is 444 g/mol. The minimum Gasteiger partial charge on any atom is -0.495 e. The minimum atomic E-state index is -0.383. The molecule has 1 atom stereocenters. The average Bonchev–Trinajstić information content (AvgIpc) is 3.25. The van der Waals surface area contributed by atoms with Gasteiger partial charge >= 0.3 is 0 Å². The van der Waals surface area contributed by atoms with Gasteiger partial charge in [-0.2, -0.15) is 0 Å². The fourth-order valence-corrected chi connectivity index (χ4v) is 3.29. The number of amides is 2. The van der Waals surface area contributed by atoms with Gasteiger partial charge < -0.3 is 20.1 Å². The Balaban J connectivity index is 1.81. The molecule has 1 unspecified atom stereocenters. The standard InChI is InChI=1S/C22H25ClN4O4/c1-14(28)25-17-6-3-5-15(11-17)21(29)27-22(24-13-18-7-4-10-31-18)26-19-12-16(23)8-9-20(19)30-2/h3,5-6,8-9,11-12,18H,4,7,10,13H2,1-2H3,(H,25,28)(H2,24,26,27,29). The van der Waals surface area contributed by atoms with Crippen LogP contribution in [0.25, 0.3) is 0 Å². The van der Waals surface area contributed by atoms with Crippen molar-refractivity contribution in [3.63, 3.8) is 0 Å². The summed E-state index contributed by atoms with van der Waals surface area (Å²) in [5.74, 6) is 0.194. The van der Waals surface area contributed by atoms with Crippen molar-refractivity contribution in [3.05, 3.63) is 53.1 Å². The van der Waals surface area contributed by atoms with Crippen LogP contribution in [-0.4, -0.2) is 44.1 Å². The van der Waals surface area contributed by atoms with Gasteiger partial charge in [0.25, 0.3) is 5.91 Å². The molecule has 1 heterocycles. The SMILES string of the molecule is COc1ccc(Cl)cc1NC(=NCC1CCCO1)NC(=O)c1cccc(NC(C)=O)c1. The third-order valence-electron chi connectivity index (χ3n) is 4.57. The van der Waals surface area contributed by atoms with E-state index in [4.69, 9.17) is 21.1 Å². The topological polar surface area (TPSA) is 101 Å². The van der Waals surface area contributed by atoms with Crippen LogP contribution >= 0.6 is 11.6 Å². The van der Waals surface area contributed by atoms with Crippen molar-refractivity contribution >= 4 is 40.7 Å². The second-order valence-electron chi connectivity index (χ2n) is 7.01. The first-order chi connectivity index (χ1) is 14.9. The molecule has 9 heteroatoms. The lowest BCUT2D eigenvalue weighted by Gasteiger charge is -2.16. The van der Waals surface area contributed by atoms with Crippen LogP contribution in [-0.2, 0) is 9.53 Å². The molecule has 2 aromatic carbocycles. The van der Waals surface area contributed by atoms with Crippen LogP contribution < -0.4 is 20.7 Å². The zero-order valence-electron chi connectivity index (χ0n) is 17.4. The van der Waals surface area contributed by atoms with Crippen LogP contribution in [0.4, 0.5) is 11.4 Å². The Morgan fingerprint density at radius 3 is 2.77 bits per heavy atom. The third-order valence-corrected chi connectivity index (χ3v) is 4.80. The molecule has 0 spiro atoms. The summed E-state index contributed by atoms with van der Waals surface area (Å²) in [6.07, 6.45) is 1.93. The largest absolute Gasteiger partial charge is 0.495 e. The highest BCUT2D eigenvalue weighted by molar-refractivity contribution is 6.31. The minimum absolute atomic E-state index is 0.0121. The molecular formula is C22H25ClN4O4. The molecular weight excluding hydrogens is 420 g/mol. The van der Waals surface area contributed by atoms with Crippen LogP contribution in [0.3, 0.4) is 0 Å². The number of halogens is 1. The fraction of sp³-hybridized carbons (Fsp3) is 0.318. The molecule has 3 N–H and O–H groups in total. The first-order valence-electron chi connectivity index (χ1n) is 9.90. The smallest absolute Gasteiger partial charge is 0.258 e. The van der Waals surface area contributed by atoms with Gasteiger partial charge in [0.1, 0.15) is 5.75 Å². The van der Waals surface area contributed by atoms with Crippen LogP contribution in [0, 0.1) is 0 Å². The van der Waals surface area contributed by atoms with Gasteiger partial charge in [0.15, 0.2) is 0 Å². The predicted octanol–water partition coefficient (Wildman–Crippen LogP) is 3.68. The highest BCUT2D eigenvalue weighted by atomic mass is 35.5. The Morgan fingerprint density at radius 2 is 2.06 bits per heavy atom.